The van der Waals surface area contributed by atoms with Gasteiger partial charge in [-0.3, -0.25) is 4.79 Å². The molecule has 144 valence electrons. The average molecular weight is 392 g/mol. The normalized spacial score (nSPS) is 11.0. The molecule has 9 heteroatoms. The van der Waals surface area contributed by atoms with Crippen molar-refractivity contribution in [3.8, 4) is 5.75 Å². The van der Waals surface area contributed by atoms with Gasteiger partial charge < -0.3 is 14.8 Å². The highest BCUT2D eigenvalue weighted by Crippen LogP contribution is 2.25. The molecule has 0 bridgehead atoms. The van der Waals surface area contributed by atoms with Crippen LogP contribution >= 0.6 is 0 Å². The van der Waals surface area contributed by atoms with Crippen LogP contribution in [0.4, 0.5) is 5.69 Å². The first-order chi connectivity index (χ1) is 12.7. The maximum Gasteiger partial charge on any atom is 0.337 e. The van der Waals surface area contributed by atoms with Crippen molar-refractivity contribution >= 4 is 27.6 Å². The highest BCUT2D eigenvalue weighted by Gasteiger charge is 2.20. The van der Waals surface area contributed by atoms with Crippen molar-refractivity contribution in [1.82, 2.24) is 4.72 Å². The van der Waals surface area contributed by atoms with Gasteiger partial charge in [-0.2, -0.15) is 0 Å². The van der Waals surface area contributed by atoms with E-state index in [0.29, 0.717) is 5.69 Å². The number of aryl methyl sites for hydroxylation is 1. The first kappa shape index (κ1) is 20.4. The van der Waals surface area contributed by atoms with Crippen molar-refractivity contribution in [2.75, 3.05) is 26.6 Å². The van der Waals surface area contributed by atoms with E-state index in [9.17, 15) is 18.0 Å². The average Bonchev–Trinajstić information content (AvgIpc) is 2.68. The van der Waals surface area contributed by atoms with Crippen LogP contribution in [0.1, 0.15) is 26.3 Å². The summed E-state index contributed by atoms with van der Waals surface area (Å²) in [5.41, 5.74) is 1.54. The molecule has 0 atom stereocenters. The Kier molecular flexibility index (Phi) is 6.19. The van der Waals surface area contributed by atoms with Crippen LogP contribution < -0.4 is 14.8 Å². The van der Waals surface area contributed by atoms with Crippen LogP contribution in [0, 0.1) is 6.92 Å². The lowest BCUT2D eigenvalue weighted by molar-refractivity contribution is 0.0600. The van der Waals surface area contributed by atoms with Gasteiger partial charge in [0.1, 0.15) is 10.6 Å². The summed E-state index contributed by atoms with van der Waals surface area (Å²) >= 11 is 0. The van der Waals surface area contributed by atoms with Gasteiger partial charge in [0.15, 0.2) is 0 Å². The van der Waals surface area contributed by atoms with E-state index in [-0.39, 0.29) is 21.8 Å². The van der Waals surface area contributed by atoms with Gasteiger partial charge in [-0.05, 0) is 49.9 Å². The molecule has 0 radical (unpaired) electrons. The molecule has 2 aromatic carbocycles. The maximum atomic E-state index is 12.6. The maximum absolute atomic E-state index is 12.6. The van der Waals surface area contributed by atoms with E-state index in [0.717, 1.165) is 5.56 Å². The molecule has 0 heterocycles. The fraction of sp³-hybridized carbons (Fsp3) is 0.222. The van der Waals surface area contributed by atoms with E-state index in [1.807, 2.05) is 0 Å². The minimum Gasteiger partial charge on any atom is -0.495 e. The van der Waals surface area contributed by atoms with Crippen molar-refractivity contribution in [3.05, 3.63) is 53.1 Å². The second-order valence-corrected chi connectivity index (χ2v) is 7.40. The number of anilines is 1. The predicted molar refractivity (Wildman–Crippen MR) is 99.7 cm³/mol. The van der Waals surface area contributed by atoms with Crippen molar-refractivity contribution < 1.29 is 27.5 Å². The topological polar surface area (TPSA) is 111 Å². The Labute approximate surface area is 157 Å². The molecule has 0 spiro atoms. The standard InChI is InChI=1S/C18H20N2O6S/c1-11-5-6-13(18(22)26-4)9-14(11)20-17(21)12-7-8-15(25-3)16(10-12)27(23,24)19-2/h5-10,19H,1-4H3,(H,20,21). The minimum atomic E-state index is -3.82. The van der Waals surface area contributed by atoms with Crippen molar-refractivity contribution in [1.29, 1.82) is 0 Å². The minimum absolute atomic E-state index is 0.116. The molecule has 1 amide bonds. The van der Waals surface area contributed by atoms with Crippen LogP contribution in [0.3, 0.4) is 0 Å². The summed E-state index contributed by atoms with van der Waals surface area (Å²) < 4.78 is 36.2. The predicted octanol–water partition coefficient (Wildman–Crippen LogP) is 1.95. The Balaban J connectivity index is 2.40. The van der Waals surface area contributed by atoms with Gasteiger partial charge in [0, 0.05) is 11.3 Å². The van der Waals surface area contributed by atoms with Crippen LogP contribution in [-0.2, 0) is 14.8 Å². The van der Waals surface area contributed by atoms with Crippen LogP contribution in [-0.4, -0.2) is 41.6 Å². The number of hydrogen-bond donors (Lipinski definition) is 2. The lowest BCUT2D eigenvalue weighted by atomic mass is 10.1. The Morgan fingerprint density at radius 3 is 2.26 bits per heavy atom. The Morgan fingerprint density at radius 1 is 1.00 bits per heavy atom. The van der Waals surface area contributed by atoms with Crippen LogP contribution in [0.2, 0.25) is 0 Å². The lowest BCUT2D eigenvalue weighted by Gasteiger charge is -2.13. The molecule has 0 saturated carbocycles. The lowest BCUT2D eigenvalue weighted by Crippen LogP contribution is -2.20. The van der Waals surface area contributed by atoms with E-state index in [1.54, 1.807) is 19.1 Å². The third-order valence-electron chi connectivity index (χ3n) is 3.89. The van der Waals surface area contributed by atoms with Crippen molar-refractivity contribution in [2.45, 2.75) is 11.8 Å². The Morgan fingerprint density at radius 2 is 1.67 bits per heavy atom. The molecule has 0 fully saturated rings. The van der Waals surface area contributed by atoms with Crippen molar-refractivity contribution in [3.63, 3.8) is 0 Å². The number of hydrogen-bond acceptors (Lipinski definition) is 6. The number of esters is 1. The number of benzene rings is 2. The van der Waals surface area contributed by atoms with Crippen molar-refractivity contribution in [2.24, 2.45) is 0 Å². The third kappa shape index (κ3) is 4.44. The van der Waals surface area contributed by atoms with E-state index in [4.69, 9.17) is 4.74 Å². The first-order valence-electron chi connectivity index (χ1n) is 7.85. The Bertz CT molecular complexity index is 985. The second-order valence-electron chi connectivity index (χ2n) is 5.55. The molecule has 2 N–H and O–H groups in total. The summed E-state index contributed by atoms with van der Waals surface area (Å²) in [5, 5.41) is 2.68. The number of ether oxygens (including phenoxy) is 2. The molecule has 27 heavy (non-hydrogen) atoms. The van der Waals surface area contributed by atoms with Gasteiger partial charge in [-0.15, -0.1) is 0 Å². The highest BCUT2D eigenvalue weighted by molar-refractivity contribution is 7.89. The molecular weight excluding hydrogens is 372 g/mol. The zero-order valence-electron chi connectivity index (χ0n) is 15.3. The molecule has 2 rings (SSSR count). The SMILES string of the molecule is CNS(=O)(=O)c1cc(C(=O)Nc2cc(C(=O)OC)ccc2C)ccc1OC. The van der Waals surface area contributed by atoms with Gasteiger partial charge in [0.2, 0.25) is 10.0 Å². The molecule has 0 aromatic heterocycles. The van der Waals surface area contributed by atoms with Gasteiger partial charge >= 0.3 is 5.97 Å². The van der Waals surface area contributed by atoms with E-state index < -0.39 is 21.9 Å². The van der Waals surface area contributed by atoms with Gasteiger partial charge in [0.25, 0.3) is 5.91 Å². The van der Waals surface area contributed by atoms with Gasteiger partial charge in [-0.25, -0.2) is 17.9 Å². The first-order valence-corrected chi connectivity index (χ1v) is 9.33. The molecule has 0 aliphatic rings. The van der Waals surface area contributed by atoms with E-state index in [1.165, 1.54) is 45.5 Å². The molecule has 0 aliphatic heterocycles. The monoisotopic (exact) mass is 392 g/mol. The number of carbonyl (C=O) groups excluding carboxylic acids is 2. The molecular formula is C18H20N2O6S. The summed E-state index contributed by atoms with van der Waals surface area (Å²) in [6.07, 6.45) is 0. The van der Waals surface area contributed by atoms with Crippen LogP contribution in [0.25, 0.3) is 0 Å². The quantitative estimate of drug-likeness (QED) is 0.727. The van der Waals surface area contributed by atoms with E-state index >= 15 is 0 Å². The zero-order valence-corrected chi connectivity index (χ0v) is 16.1. The number of nitrogens with one attached hydrogen (secondary N) is 2. The number of sulfonamides is 1. The zero-order chi connectivity index (χ0) is 20.2. The summed E-state index contributed by atoms with van der Waals surface area (Å²) in [5.74, 6) is -0.947. The summed E-state index contributed by atoms with van der Waals surface area (Å²) in [4.78, 5) is 24.1. The van der Waals surface area contributed by atoms with E-state index in [2.05, 4.69) is 14.8 Å². The third-order valence-corrected chi connectivity index (χ3v) is 5.33. The number of methoxy groups -OCH3 is 2. The fourth-order valence-electron chi connectivity index (χ4n) is 2.33. The number of carbonyl (C=O) groups is 2. The Hall–Kier alpha value is -2.91. The van der Waals surface area contributed by atoms with Crippen LogP contribution in [0.15, 0.2) is 41.3 Å². The smallest absolute Gasteiger partial charge is 0.337 e. The highest BCUT2D eigenvalue weighted by atomic mass is 32.2. The van der Waals surface area contributed by atoms with Gasteiger partial charge in [-0.1, -0.05) is 6.07 Å². The fourth-order valence-corrected chi connectivity index (χ4v) is 3.25. The molecule has 0 unspecified atom stereocenters. The molecule has 2 aromatic rings. The summed E-state index contributed by atoms with van der Waals surface area (Å²) in [6, 6.07) is 8.82. The number of rotatable bonds is 6. The van der Waals surface area contributed by atoms with Crippen LogP contribution in [0.5, 0.6) is 5.75 Å². The van der Waals surface area contributed by atoms with Gasteiger partial charge in [0.05, 0.1) is 19.8 Å². The molecule has 0 saturated heterocycles. The largest absolute Gasteiger partial charge is 0.495 e. The summed E-state index contributed by atoms with van der Waals surface area (Å²) in [6.45, 7) is 1.77. The summed E-state index contributed by atoms with van der Waals surface area (Å²) in [7, 11) is 0.0557. The number of amides is 1. The molecule has 8 nitrogen and oxygen atoms in total. The second kappa shape index (κ2) is 8.19. The molecule has 0 aliphatic carbocycles.